The summed E-state index contributed by atoms with van der Waals surface area (Å²) in [5.41, 5.74) is -0.204. The Bertz CT molecular complexity index is 926. The Kier molecular flexibility index (Phi) is 4.51. The molecular weight excluding hydrogens is 338 g/mol. The van der Waals surface area contributed by atoms with Gasteiger partial charge in [0, 0.05) is 31.3 Å². The Balaban J connectivity index is 2.54. The lowest BCUT2D eigenvalue weighted by Crippen LogP contribution is -2.27. The molecule has 0 amide bonds. The van der Waals surface area contributed by atoms with Gasteiger partial charge in [-0.05, 0) is 18.6 Å². The molecule has 0 saturated carbocycles. The molecule has 0 aliphatic carbocycles. The number of non-ortho nitro benzene ring substituents is 2. The molecule has 2 aromatic carbocycles. The Morgan fingerprint density at radius 2 is 1.54 bits per heavy atom. The van der Waals surface area contributed by atoms with Gasteiger partial charge in [-0.15, -0.1) is 0 Å². The molecule has 9 nitrogen and oxygen atoms in total. The van der Waals surface area contributed by atoms with Gasteiger partial charge in [-0.3, -0.25) is 24.5 Å². The highest BCUT2D eigenvalue weighted by molar-refractivity contribution is 7.92. The highest BCUT2D eigenvalue weighted by Gasteiger charge is 2.26. The summed E-state index contributed by atoms with van der Waals surface area (Å²) in [5.74, 6) is 0. The minimum atomic E-state index is -4.11. The van der Waals surface area contributed by atoms with Crippen molar-refractivity contribution in [1.29, 1.82) is 0 Å². The third-order valence-corrected chi connectivity index (χ3v) is 5.35. The summed E-state index contributed by atoms with van der Waals surface area (Å²) in [4.78, 5) is 20.1. The van der Waals surface area contributed by atoms with Gasteiger partial charge in [-0.1, -0.05) is 12.1 Å². The van der Waals surface area contributed by atoms with Crippen molar-refractivity contribution >= 4 is 27.1 Å². The topological polar surface area (TPSA) is 124 Å². The molecule has 10 heteroatoms. The van der Waals surface area contributed by atoms with E-state index < -0.39 is 19.9 Å². The fraction of sp³-hybridized carbons (Fsp3) is 0.143. The Hall–Kier alpha value is -3.01. The lowest BCUT2D eigenvalue weighted by molar-refractivity contribution is -0.385. The van der Waals surface area contributed by atoms with E-state index in [1.165, 1.54) is 44.3 Å². The van der Waals surface area contributed by atoms with Gasteiger partial charge in [0.05, 0.1) is 20.4 Å². The van der Waals surface area contributed by atoms with Crippen molar-refractivity contribution in [3.05, 3.63) is 68.3 Å². The highest BCUT2D eigenvalue weighted by Crippen LogP contribution is 2.29. The van der Waals surface area contributed by atoms with Gasteiger partial charge in [0.25, 0.3) is 21.4 Å². The van der Waals surface area contributed by atoms with E-state index in [1.807, 2.05) is 0 Å². The zero-order valence-electron chi connectivity index (χ0n) is 12.7. The van der Waals surface area contributed by atoms with E-state index in [0.717, 1.165) is 16.4 Å². The second kappa shape index (κ2) is 6.24. The molecule has 24 heavy (non-hydrogen) atoms. The lowest BCUT2D eigenvalue weighted by atomic mass is 10.2. The maximum atomic E-state index is 12.7. The summed E-state index contributed by atoms with van der Waals surface area (Å²) in [6.07, 6.45) is 0. The molecule has 126 valence electrons. The number of aryl methyl sites for hydroxylation is 1. The third kappa shape index (κ3) is 3.18. The minimum absolute atomic E-state index is 0.0788. The molecule has 0 fully saturated rings. The van der Waals surface area contributed by atoms with Crippen molar-refractivity contribution in [3.63, 3.8) is 0 Å². The van der Waals surface area contributed by atoms with Crippen LogP contribution in [0.4, 0.5) is 17.1 Å². The van der Waals surface area contributed by atoms with Crippen molar-refractivity contribution in [2.24, 2.45) is 0 Å². The standard InChI is InChI=1S/C14H13N3O6S/c1-10-6-7-13(17(20)21)9-14(10)24(22,23)15(2)11-4-3-5-12(8-11)16(18)19/h3-9H,1-2H3. The molecule has 0 radical (unpaired) electrons. The maximum absolute atomic E-state index is 12.7. The van der Waals surface area contributed by atoms with E-state index in [-0.39, 0.29) is 22.0 Å². The number of nitro groups is 2. The van der Waals surface area contributed by atoms with Crippen LogP contribution in [-0.2, 0) is 10.0 Å². The summed E-state index contributed by atoms with van der Waals surface area (Å²) in [7, 11) is -2.89. The number of benzene rings is 2. The number of anilines is 1. The van der Waals surface area contributed by atoms with E-state index in [9.17, 15) is 28.6 Å². The van der Waals surface area contributed by atoms with Gasteiger partial charge in [-0.2, -0.15) is 0 Å². The van der Waals surface area contributed by atoms with Crippen LogP contribution in [0.15, 0.2) is 47.4 Å². The average molecular weight is 351 g/mol. The van der Waals surface area contributed by atoms with Crippen LogP contribution in [0.3, 0.4) is 0 Å². The number of rotatable bonds is 5. The molecule has 0 unspecified atom stereocenters. The summed E-state index contributed by atoms with van der Waals surface area (Å²) >= 11 is 0. The number of nitrogens with zero attached hydrogens (tertiary/aromatic N) is 3. The SMILES string of the molecule is Cc1ccc([N+](=O)[O-])cc1S(=O)(=O)N(C)c1cccc([N+](=O)[O-])c1. The second-order valence-electron chi connectivity index (χ2n) is 4.96. The average Bonchev–Trinajstić information content (AvgIpc) is 2.54. The number of sulfonamides is 1. The highest BCUT2D eigenvalue weighted by atomic mass is 32.2. The molecule has 2 rings (SSSR count). The van der Waals surface area contributed by atoms with E-state index in [1.54, 1.807) is 0 Å². The van der Waals surface area contributed by atoms with Crippen LogP contribution in [0.5, 0.6) is 0 Å². The fourth-order valence-electron chi connectivity index (χ4n) is 2.07. The fourth-order valence-corrected chi connectivity index (χ4v) is 3.50. The molecule has 0 aromatic heterocycles. The monoisotopic (exact) mass is 351 g/mol. The zero-order chi connectivity index (χ0) is 18.1. The first-order valence-electron chi connectivity index (χ1n) is 6.63. The first-order valence-corrected chi connectivity index (χ1v) is 8.07. The van der Waals surface area contributed by atoms with Crippen LogP contribution in [0.1, 0.15) is 5.56 Å². The van der Waals surface area contributed by atoms with Crippen LogP contribution >= 0.6 is 0 Å². The molecule has 0 heterocycles. The van der Waals surface area contributed by atoms with E-state index in [0.29, 0.717) is 5.56 Å². The lowest BCUT2D eigenvalue weighted by Gasteiger charge is -2.20. The smallest absolute Gasteiger partial charge is 0.269 e. The summed E-state index contributed by atoms with van der Waals surface area (Å²) in [5, 5.41) is 21.7. The van der Waals surface area contributed by atoms with Crippen LogP contribution in [0.25, 0.3) is 0 Å². The summed E-state index contributed by atoms with van der Waals surface area (Å²) in [6, 6.07) is 8.64. The van der Waals surface area contributed by atoms with Crippen molar-refractivity contribution in [3.8, 4) is 0 Å². The van der Waals surface area contributed by atoms with Crippen LogP contribution in [-0.4, -0.2) is 25.3 Å². The molecule has 0 spiro atoms. The number of hydrogen-bond acceptors (Lipinski definition) is 6. The summed E-state index contributed by atoms with van der Waals surface area (Å²) in [6.45, 7) is 1.51. The molecule has 0 atom stereocenters. The predicted molar refractivity (Wildman–Crippen MR) is 86.5 cm³/mol. The molecule has 0 bridgehead atoms. The summed E-state index contributed by atoms with van der Waals surface area (Å²) < 4.78 is 26.3. The van der Waals surface area contributed by atoms with Crippen molar-refractivity contribution in [1.82, 2.24) is 0 Å². The number of hydrogen-bond donors (Lipinski definition) is 0. The molecule has 0 aliphatic rings. The Morgan fingerprint density at radius 1 is 0.958 bits per heavy atom. The Morgan fingerprint density at radius 3 is 2.12 bits per heavy atom. The van der Waals surface area contributed by atoms with Gasteiger partial charge in [0.15, 0.2) is 0 Å². The van der Waals surface area contributed by atoms with Crippen LogP contribution in [0, 0.1) is 27.2 Å². The zero-order valence-corrected chi connectivity index (χ0v) is 13.6. The predicted octanol–water partition coefficient (Wildman–Crippen LogP) is 2.64. The van der Waals surface area contributed by atoms with Gasteiger partial charge in [-0.25, -0.2) is 8.42 Å². The van der Waals surface area contributed by atoms with Crippen molar-refractivity contribution in [2.75, 3.05) is 11.4 Å². The molecule has 0 N–H and O–H groups in total. The quantitative estimate of drug-likeness (QED) is 0.602. The first kappa shape index (κ1) is 17.3. The van der Waals surface area contributed by atoms with Crippen molar-refractivity contribution in [2.45, 2.75) is 11.8 Å². The third-order valence-electron chi connectivity index (χ3n) is 3.43. The van der Waals surface area contributed by atoms with Gasteiger partial charge in [0.2, 0.25) is 0 Å². The normalized spacial score (nSPS) is 11.1. The van der Waals surface area contributed by atoms with E-state index >= 15 is 0 Å². The Labute approximate surface area is 137 Å². The first-order chi connectivity index (χ1) is 11.1. The van der Waals surface area contributed by atoms with E-state index in [2.05, 4.69) is 0 Å². The molecule has 0 aliphatic heterocycles. The second-order valence-corrected chi connectivity index (χ2v) is 6.89. The van der Waals surface area contributed by atoms with Gasteiger partial charge >= 0.3 is 0 Å². The number of nitro benzene ring substituents is 2. The van der Waals surface area contributed by atoms with Crippen molar-refractivity contribution < 1.29 is 18.3 Å². The van der Waals surface area contributed by atoms with Crippen LogP contribution in [0.2, 0.25) is 0 Å². The maximum Gasteiger partial charge on any atom is 0.271 e. The van der Waals surface area contributed by atoms with Gasteiger partial charge in [0.1, 0.15) is 0 Å². The minimum Gasteiger partial charge on any atom is -0.269 e. The molecule has 2 aromatic rings. The van der Waals surface area contributed by atoms with E-state index in [4.69, 9.17) is 0 Å². The molecular formula is C14H13N3O6S. The van der Waals surface area contributed by atoms with Crippen LogP contribution < -0.4 is 4.31 Å². The molecule has 0 saturated heterocycles. The van der Waals surface area contributed by atoms with Gasteiger partial charge < -0.3 is 0 Å². The largest absolute Gasteiger partial charge is 0.271 e.